The molecule has 3 rings (SSSR count). The van der Waals surface area contributed by atoms with Crippen LogP contribution in [-0.4, -0.2) is 47.8 Å². The third-order valence-electron chi connectivity index (χ3n) is 5.09. The van der Waals surface area contributed by atoms with E-state index in [2.05, 4.69) is 38.1 Å². The monoisotopic (exact) mass is 328 g/mol. The largest absolute Gasteiger partial charge is 0.341 e. The maximum absolute atomic E-state index is 12.6. The molecule has 1 aromatic carbocycles. The van der Waals surface area contributed by atoms with Gasteiger partial charge < -0.3 is 9.80 Å². The summed E-state index contributed by atoms with van der Waals surface area (Å²) in [6.07, 6.45) is 3.43. The average molecular weight is 328 g/mol. The van der Waals surface area contributed by atoms with E-state index in [9.17, 15) is 9.59 Å². The molecule has 0 spiro atoms. The fourth-order valence-electron chi connectivity index (χ4n) is 3.28. The minimum Gasteiger partial charge on any atom is -0.341 e. The molecule has 0 bridgehead atoms. The highest BCUT2D eigenvalue weighted by Crippen LogP contribution is 2.31. The van der Waals surface area contributed by atoms with Crippen LogP contribution in [0.1, 0.15) is 50.2 Å². The number of amides is 2. The van der Waals surface area contributed by atoms with E-state index in [1.165, 1.54) is 5.56 Å². The molecule has 1 aliphatic carbocycles. The maximum Gasteiger partial charge on any atom is 0.227 e. The van der Waals surface area contributed by atoms with Gasteiger partial charge in [0.1, 0.15) is 0 Å². The Morgan fingerprint density at radius 3 is 2.25 bits per heavy atom. The lowest BCUT2D eigenvalue weighted by Crippen LogP contribution is -2.38. The number of rotatable bonds is 4. The van der Waals surface area contributed by atoms with Crippen molar-refractivity contribution in [3.05, 3.63) is 35.4 Å². The van der Waals surface area contributed by atoms with Crippen LogP contribution in [0.5, 0.6) is 0 Å². The molecule has 0 unspecified atom stereocenters. The molecule has 0 N–H and O–H groups in total. The van der Waals surface area contributed by atoms with Crippen molar-refractivity contribution >= 4 is 11.8 Å². The first kappa shape index (κ1) is 17.0. The van der Waals surface area contributed by atoms with Gasteiger partial charge in [0.2, 0.25) is 11.8 Å². The second-order valence-corrected chi connectivity index (χ2v) is 7.41. The van der Waals surface area contributed by atoms with E-state index in [1.807, 2.05) is 9.80 Å². The highest BCUT2D eigenvalue weighted by atomic mass is 16.2. The van der Waals surface area contributed by atoms with Crippen molar-refractivity contribution in [1.82, 2.24) is 9.80 Å². The van der Waals surface area contributed by atoms with Crippen molar-refractivity contribution < 1.29 is 9.59 Å². The maximum atomic E-state index is 12.6. The molecule has 4 nitrogen and oxygen atoms in total. The molecule has 130 valence electrons. The lowest BCUT2D eigenvalue weighted by Gasteiger charge is -2.22. The number of carbonyl (C=O) groups excluding carboxylic acids is 2. The highest BCUT2D eigenvalue weighted by molar-refractivity contribution is 5.81. The third kappa shape index (κ3) is 4.16. The number of carbonyl (C=O) groups is 2. The topological polar surface area (TPSA) is 40.6 Å². The quantitative estimate of drug-likeness (QED) is 0.853. The van der Waals surface area contributed by atoms with Crippen molar-refractivity contribution in [2.24, 2.45) is 5.92 Å². The van der Waals surface area contributed by atoms with Gasteiger partial charge in [0.15, 0.2) is 0 Å². The summed E-state index contributed by atoms with van der Waals surface area (Å²) in [6.45, 7) is 7.26. The van der Waals surface area contributed by atoms with Crippen LogP contribution in [0.25, 0.3) is 0 Å². The van der Waals surface area contributed by atoms with E-state index in [4.69, 9.17) is 0 Å². The van der Waals surface area contributed by atoms with Gasteiger partial charge in [-0.1, -0.05) is 38.1 Å². The molecule has 0 radical (unpaired) electrons. The standard InChI is InChI=1S/C20H28N2O2/c1-15(2)17-6-4-16(5-7-17)14-19(23)21-10-3-11-22(13-12-21)20(24)18-8-9-18/h4-7,15,18H,3,8-14H2,1-2H3. The molecule has 0 aromatic heterocycles. The molecule has 4 heteroatoms. The summed E-state index contributed by atoms with van der Waals surface area (Å²) in [4.78, 5) is 28.7. The van der Waals surface area contributed by atoms with Crippen molar-refractivity contribution in [3.8, 4) is 0 Å². The van der Waals surface area contributed by atoms with Gasteiger partial charge in [0.05, 0.1) is 6.42 Å². The summed E-state index contributed by atoms with van der Waals surface area (Å²) in [7, 11) is 0. The van der Waals surface area contributed by atoms with E-state index in [0.29, 0.717) is 31.3 Å². The van der Waals surface area contributed by atoms with E-state index in [1.54, 1.807) is 0 Å². The molecule has 0 atom stereocenters. The summed E-state index contributed by atoms with van der Waals surface area (Å²) < 4.78 is 0. The first-order chi connectivity index (χ1) is 11.5. The van der Waals surface area contributed by atoms with Crippen LogP contribution in [0.2, 0.25) is 0 Å². The Labute approximate surface area is 144 Å². The van der Waals surface area contributed by atoms with Crippen molar-refractivity contribution in [2.45, 2.75) is 45.4 Å². The number of benzene rings is 1. The summed E-state index contributed by atoms with van der Waals surface area (Å²) in [6, 6.07) is 8.36. The van der Waals surface area contributed by atoms with Gasteiger partial charge in [-0.3, -0.25) is 9.59 Å². The molecule has 1 aliphatic heterocycles. The van der Waals surface area contributed by atoms with Gasteiger partial charge in [-0.25, -0.2) is 0 Å². The Hall–Kier alpha value is -1.84. The van der Waals surface area contributed by atoms with Gasteiger partial charge in [-0.05, 0) is 36.3 Å². The van der Waals surface area contributed by atoms with E-state index >= 15 is 0 Å². The zero-order valence-corrected chi connectivity index (χ0v) is 14.8. The van der Waals surface area contributed by atoms with Crippen LogP contribution in [-0.2, 0) is 16.0 Å². The van der Waals surface area contributed by atoms with Gasteiger partial charge in [0.25, 0.3) is 0 Å². The smallest absolute Gasteiger partial charge is 0.227 e. The molecule has 1 saturated heterocycles. The number of nitrogens with zero attached hydrogens (tertiary/aromatic N) is 2. The van der Waals surface area contributed by atoms with Gasteiger partial charge in [0, 0.05) is 32.1 Å². The molecule has 1 saturated carbocycles. The minimum atomic E-state index is 0.174. The predicted molar refractivity (Wildman–Crippen MR) is 94.7 cm³/mol. The molecular formula is C20H28N2O2. The molecule has 2 fully saturated rings. The number of hydrogen-bond donors (Lipinski definition) is 0. The summed E-state index contributed by atoms with van der Waals surface area (Å²) >= 11 is 0. The van der Waals surface area contributed by atoms with Crippen molar-refractivity contribution in [3.63, 3.8) is 0 Å². The molecule has 2 amide bonds. The van der Waals surface area contributed by atoms with Crippen LogP contribution in [0, 0.1) is 5.92 Å². The van der Waals surface area contributed by atoms with Gasteiger partial charge in [-0.2, -0.15) is 0 Å². The zero-order valence-electron chi connectivity index (χ0n) is 14.8. The van der Waals surface area contributed by atoms with Gasteiger partial charge >= 0.3 is 0 Å². The fourth-order valence-corrected chi connectivity index (χ4v) is 3.28. The van der Waals surface area contributed by atoms with Crippen molar-refractivity contribution in [1.29, 1.82) is 0 Å². The summed E-state index contributed by atoms with van der Waals surface area (Å²) in [5, 5.41) is 0. The lowest BCUT2D eigenvalue weighted by molar-refractivity contribution is -0.134. The fraction of sp³-hybridized carbons (Fsp3) is 0.600. The second kappa shape index (κ2) is 7.37. The molecule has 2 aliphatic rings. The van der Waals surface area contributed by atoms with Crippen LogP contribution < -0.4 is 0 Å². The number of hydrogen-bond acceptors (Lipinski definition) is 2. The molecule has 1 heterocycles. The SMILES string of the molecule is CC(C)c1ccc(CC(=O)N2CCCN(C(=O)C3CC3)CC2)cc1. The van der Waals surface area contributed by atoms with Crippen LogP contribution in [0.15, 0.2) is 24.3 Å². The minimum absolute atomic E-state index is 0.174. The second-order valence-electron chi connectivity index (χ2n) is 7.41. The summed E-state index contributed by atoms with van der Waals surface area (Å²) in [5.74, 6) is 1.25. The van der Waals surface area contributed by atoms with E-state index in [-0.39, 0.29) is 11.8 Å². The Bertz CT molecular complexity index is 590. The third-order valence-corrected chi connectivity index (χ3v) is 5.09. The van der Waals surface area contributed by atoms with Crippen molar-refractivity contribution in [2.75, 3.05) is 26.2 Å². The zero-order chi connectivity index (χ0) is 17.1. The van der Waals surface area contributed by atoms with Crippen LogP contribution in [0.4, 0.5) is 0 Å². The Morgan fingerprint density at radius 1 is 1.00 bits per heavy atom. The molecular weight excluding hydrogens is 300 g/mol. The average Bonchev–Trinajstić information content (AvgIpc) is 3.41. The predicted octanol–water partition coefficient (Wildman–Crippen LogP) is 2.82. The van der Waals surface area contributed by atoms with Gasteiger partial charge in [-0.15, -0.1) is 0 Å². The first-order valence-electron chi connectivity index (χ1n) is 9.20. The molecule has 24 heavy (non-hydrogen) atoms. The first-order valence-corrected chi connectivity index (χ1v) is 9.20. The highest BCUT2D eigenvalue weighted by Gasteiger charge is 2.34. The normalized spacial score (nSPS) is 18.6. The van der Waals surface area contributed by atoms with Crippen LogP contribution in [0.3, 0.4) is 0 Å². The van der Waals surface area contributed by atoms with E-state index in [0.717, 1.165) is 37.9 Å². The Balaban J connectivity index is 1.53. The summed E-state index contributed by atoms with van der Waals surface area (Å²) in [5.41, 5.74) is 2.37. The van der Waals surface area contributed by atoms with Crippen LogP contribution >= 0.6 is 0 Å². The van der Waals surface area contributed by atoms with E-state index < -0.39 is 0 Å². The Kier molecular flexibility index (Phi) is 5.22. The molecule has 1 aromatic rings. The Morgan fingerprint density at radius 2 is 1.62 bits per heavy atom. The lowest BCUT2D eigenvalue weighted by atomic mass is 10.0.